The molecule has 158 valence electrons. The van der Waals surface area contributed by atoms with Crippen LogP contribution in [-0.2, 0) is 11.2 Å². The number of aryl methyl sites for hydroxylation is 1. The van der Waals surface area contributed by atoms with Crippen LogP contribution in [0.25, 0.3) is 0 Å². The smallest absolute Gasteiger partial charge is 0.224 e. The summed E-state index contributed by atoms with van der Waals surface area (Å²) in [7, 11) is 0. The molecule has 2 aliphatic rings. The van der Waals surface area contributed by atoms with Gasteiger partial charge in [0.15, 0.2) is 5.78 Å². The van der Waals surface area contributed by atoms with Crippen molar-refractivity contribution in [2.45, 2.75) is 44.9 Å². The van der Waals surface area contributed by atoms with E-state index in [-0.39, 0.29) is 11.7 Å². The lowest BCUT2D eigenvalue weighted by Crippen LogP contribution is -2.34. The number of rotatable bonds is 7. The Morgan fingerprint density at radius 1 is 1.10 bits per heavy atom. The van der Waals surface area contributed by atoms with Gasteiger partial charge in [0.2, 0.25) is 5.91 Å². The monoisotopic (exact) mass is 406 g/mol. The SMILES string of the molecule is CC(=O)c1ccc(C2CCN(CCCOc3ccc4c(c3)NC(=O)CC4)CC2)cc1. The zero-order chi connectivity index (χ0) is 20.9. The molecule has 0 spiro atoms. The number of ether oxygens (including phenoxy) is 1. The highest BCUT2D eigenvalue weighted by atomic mass is 16.5. The van der Waals surface area contributed by atoms with Gasteiger partial charge in [0.05, 0.1) is 6.61 Å². The molecule has 0 radical (unpaired) electrons. The predicted octanol–water partition coefficient (Wildman–Crippen LogP) is 4.42. The van der Waals surface area contributed by atoms with E-state index >= 15 is 0 Å². The van der Waals surface area contributed by atoms with E-state index in [0.717, 1.165) is 62.3 Å². The lowest BCUT2D eigenvalue weighted by Gasteiger charge is -2.32. The molecule has 4 rings (SSSR count). The standard InChI is InChI=1S/C25H30N2O3/c1-18(28)19-3-5-20(6-4-19)21-11-14-27(15-12-21)13-2-16-30-23-9-7-22-8-10-25(29)26-24(22)17-23/h3-7,9,17,21H,2,8,10-16H2,1H3,(H,26,29). The van der Waals surface area contributed by atoms with Gasteiger partial charge >= 0.3 is 0 Å². The van der Waals surface area contributed by atoms with E-state index in [0.29, 0.717) is 18.9 Å². The Hall–Kier alpha value is -2.66. The average Bonchev–Trinajstić information content (AvgIpc) is 2.77. The van der Waals surface area contributed by atoms with E-state index < -0.39 is 0 Å². The first-order valence-corrected chi connectivity index (χ1v) is 11.0. The molecular formula is C25H30N2O3. The molecule has 1 fully saturated rings. The van der Waals surface area contributed by atoms with E-state index in [9.17, 15) is 9.59 Å². The number of likely N-dealkylation sites (tertiary alicyclic amines) is 1. The van der Waals surface area contributed by atoms with Gasteiger partial charge in [-0.15, -0.1) is 0 Å². The molecular weight excluding hydrogens is 376 g/mol. The summed E-state index contributed by atoms with van der Waals surface area (Å²) in [6.07, 6.45) is 4.67. The second-order valence-corrected chi connectivity index (χ2v) is 8.36. The number of fused-ring (bicyclic) bond motifs is 1. The van der Waals surface area contributed by atoms with Crippen LogP contribution in [0, 0.1) is 0 Å². The molecule has 1 saturated heterocycles. The summed E-state index contributed by atoms with van der Waals surface area (Å²) in [5, 5.41) is 2.92. The van der Waals surface area contributed by atoms with Gasteiger partial charge in [-0.1, -0.05) is 30.3 Å². The Morgan fingerprint density at radius 3 is 2.60 bits per heavy atom. The van der Waals surface area contributed by atoms with Crippen molar-refractivity contribution in [2.24, 2.45) is 0 Å². The molecule has 2 aliphatic heterocycles. The minimum absolute atomic E-state index is 0.0813. The van der Waals surface area contributed by atoms with Crippen LogP contribution in [0.3, 0.4) is 0 Å². The summed E-state index contributed by atoms with van der Waals surface area (Å²) >= 11 is 0. The van der Waals surface area contributed by atoms with E-state index in [1.807, 2.05) is 24.3 Å². The maximum atomic E-state index is 11.6. The normalized spacial score (nSPS) is 17.3. The lowest BCUT2D eigenvalue weighted by atomic mass is 9.89. The number of carbonyl (C=O) groups excluding carboxylic acids is 2. The number of hydrogen-bond donors (Lipinski definition) is 1. The number of piperidine rings is 1. The quantitative estimate of drug-likeness (QED) is 0.546. The van der Waals surface area contributed by atoms with Crippen molar-refractivity contribution < 1.29 is 14.3 Å². The Balaban J connectivity index is 1.18. The second kappa shape index (κ2) is 9.43. The van der Waals surface area contributed by atoms with Crippen LogP contribution in [0.4, 0.5) is 5.69 Å². The van der Waals surface area contributed by atoms with Gasteiger partial charge in [0.1, 0.15) is 5.75 Å². The van der Waals surface area contributed by atoms with Crippen molar-refractivity contribution in [2.75, 3.05) is 31.6 Å². The van der Waals surface area contributed by atoms with Crippen LogP contribution in [-0.4, -0.2) is 42.8 Å². The Bertz CT molecular complexity index is 899. The molecule has 30 heavy (non-hydrogen) atoms. The van der Waals surface area contributed by atoms with Gasteiger partial charge in [0.25, 0.3) is 0 Å². The topological polar surface area (TPSA) is 58.6 Å². The largest absolute Gasteiger partial charge is 0.493 e. The number of hydrogen-bond acceptors (Lipinski definition) is 4. The number of carbonyl (C=O) groups is 2. The maximum Gasteiger partial charge on any atom is 0.224 e. The van der Waals surface area contributed by atoms with Gasteiger partial charge in [-0.2, -0.15) is 0 Å². The van der Waals surface area contributed by atoms with Crippen LogP contribution in [0.2, 0.25) is 0 Å². The number of anilines is 1. The van der Waals surface area contributed by atoms with Crippen LogP contribution in [0.1, 0.15) is 60.0 Å². The molecule has 2 aromatic carbocycles. The number of amides is 1. The van der Waals surface area contributed by atoms with E-state index in [1.54, 1.807) is 6.92 Å². The summed E-state index contributed by atoms with van der Waals surface area (Å²) in [6, 6.07) is 14.1. The molecule has 0 saturated carbocycles. The number of ketones is 1. The van der Waals surface area contributed by atoms with Gasteiger partial charge in [-0.25, -0.2) is 0 Å². The number of nitrogens with one attached hydrogen (secondary N) is 1. The molecule has 0 bridgehead atoms. The van der Waals surface area contributed by atoms with Gasteiger partial charge in [-0.3, -0.25) is 9.59 Å². The lowest BCUT2D eigenvalue weighted by molar-refractivity contribution is -0.116. The summed E-state index contributed by atoms with van der Waals surface area (Å²) < 4.78 is 5.91. The molecule has 0 aromatic heterocycles. The Labute approximate surface area is 178 Å². The minimum atomic E-state index is 0.0813. The molecule has 1 amide bonds. The zero-order valence-electron chi connectivity index (χ0n) is 17.7. The summed E-state index contributed by atoms with van der Waals surface area (Å²) in [6.45, 7) is 5.53. The van der Waals surface area contributed by atoms with Crippen LogP contribution >= 0.6 is 0 Å². The zero-order valence-corrected chi connectivity index (χ0v) is 17.7. The van der Waals surface area contributed by atoms with E-state index in [1.165, 1.54) is 11.1 Å². The molecule has 5 nitrogen and oxygen atoms in total. The van der Waals surface area contributed by atoms with Crippen molar-refractivity contribution in [3.63, 3.8) is 0 Å². The highest BCUT2D eigenvalue weighted by Crippen LogP contribution is 2.29. The fourth-order valence-corrected chi connectivity index (χ4v) is 4.40. The van der Waals surface area contributed by atoms with Crippen molar-refractivity contribution in [3.8, 4) is 5.75 Å². The first-order chi connectivity index (χ1) is 14.6. The second-order valence-electron chi connectivity index (χ2n) is 8.36. The Morgan fingerprint density at radius 2 is 1.87 bits per heavy atom. The van der Waals surface area contributed by atoms with Crippen LogP contribution < -0.4 is 10.1 Å². The van der Waals surface area contributed by atoms with Crippen LogP contribution in [0.15, 0.2) is 42.5 Å². The number of Topliss-reactive ketones (excluding diaryl/α,β-unsaturated/α-hetero) is 1. The molecule has 0 aliphatic carbocycles. The first-order valence-electron chi connectivity index (χ1n) is 11.0. The summed E-state index contributed by atoms with van der Waals surface area (Å²) in [5.41, 5.74) is 4.21. The van der Waals surface area contributed by atoms with Gasteiger partial charge < -0.3 is 15.0 Å². The molecule has 2 aromatic rings. The average molecular weight is 407 g/mol. The molecule has 0 atom stereocenters. The minimum Gasteiger partial charge on any atom is -0.493 e. The number of benzene rings is 2. The third-order valence-corrected chi connectivity index (χ3v) is 6.24. The summed E-state index contributed by atoms with van der Waals surface area (Å²) in [5.74, 6) is 1.62. The first kappa shape index (κ1) is 20.6. The predicted molar refractivity (Wildman–Crippen MR) is 118 cm³/mol. The van der Waals surface area contributed by atoms with E-state index in [2.05, 4.69) is 28.4 Å². The van der Waals surface area contributed by atoms with Gasteiger partial charge in [-0.05, 0) is 68.8 Å². The fourth-order valence-electron chi connectivity index (χ4n) is 4.40. The maximum absolute atomic E-state index is 11.6. The highest BCUT2D eigenvalue weighted by Gasteiger charge is 2.20. The van der Waals surface area contributed by atoms with E-state index in [4.69, 9.17) is 4.74 Å². The van der Waals surface area contributed by atoms with Gasteiger partial charge in [0, 0.05) is 30.3 Å². The van der Waals surface area contributed by atoms with Crippen molar-refractivity contribution in [1.82, 2.24) is 4.90 Å². The van der Waals surface area contributed by atoms with Crippen LogP contribution in [0.5, 0.6) is 5.75 Å². The van der Waals surface area contributed by atoms with Crippen molar-refractivity contribution >= 4 is 17.4 Å². The molecule has 2 heterocycles. The third-order valence-electron chi connectivity index (χ3n) is 6.24. The summed E-state index contributed by atoms with van der Waals surface area (Å²) in [4.78, 5) is 25.5. The van der Waals surface area contributed by atoms with Crippen molar-refractivity contribution in [1.29, 1.82) is 0 Å². The molecule has 5 heteroatoms. The Kier molecular flexibility index (Phi) is 6.48. The highest BCUT2D eigenvalue weighted by molar-refractivity contribution is 5.94. The third kappa shape index (κ3) is 5.08. The van der Waals surface area contributed by atoms with Crippen molar-refractivity contribution in [3.05, 3.63) is 59.2 Å². The fraction of sp³-hybridized carbons (Fsp3) is 0.440. The number of nitrogens with zero attached hydrogens (tertiary/aromatic N) is 1. The molecule has 1 N–H and O–H groups in total. The molecule has 0 unspecified atom stereocenters.